The zero-order chi connectivity index (χ0) is 21.3. The van der Waals surface area contributed by atoms with Gasteiger partial charge < -0.3 is 4.74 Å². The minimum absolute atomic E-state index is 0.0279. The molecule has 4 fully saturated rings. The second-order valence-electron chi connectivity index (χ2n) is 7.85. The molecule has 2 aliphatic carbocycles. The average Bonchev–Trinajstić information content (AvgIpc) is 3.33. The van der Waals surface area contributed by atoms with Crippen LogP contribution in [-0.4, -0.2) is 49.8 Å². The number of nitrogens with zero attached hydrogens (tertiary/aromatic N) is 1. The average molecular weight is 542 g/mol. The number of halogens is 7. The number of allylic oxidation sites excluding steroid dienone is 3. The first-order valence-corrected chi connectivity index (χ1v) is 11.4. The SMILES string of the molecule is CC(Cl)=CCON1C(=O)C2C3OC(C2C1=O)C1C3C2(Cl)C(Cl)=C(Cl)C1(Cl)C2(Cl)Cl. The maximum atomic E-state index is 13.0. The monoisotopic (exact) mass is 539 g/mol. The summed E-state index contributed by atoms with van der Waals surface area (Å²) in [5.41, 5.74) is 0. The maximum absolute atomic E-state index is 13.0. The van der Waals surface area contributed by atoms with Crippen molar-refractivity contribution in [2.45, 2.75) is 33.2 Å². The lowest BCUT2D eigenvalue weighted by Crippen LogP contribution is -2.50. The molecule has 0 aromatic rings. The molecule has 5 rings (SSSR count). The Hall–Kier alpha value is 0.570. The van der Waals surface area contributed by atoms with E-state index in [1.54, 1.807) is 6.92 Å². The number of hydrogen-bond donors (Lipinski definition) is 0. The zero-order valence-corrected chi connectivity index (χ0v) is 19.8. The summed E-state index contributed by atoms with van der Waals surface area (Å²) in [6.07, 6.45) is 0.0362. The van der Waals surface area contributed by atoms with Crippen molar-refractivity contribution in [1.29, 1.82) is 0 Å². The van der Waals surface area contributed by atoms with Crippen molar-refractivity contribution in [3.63, 3.8) is 0 Å². The van der Waals surface area contributed by atoms with Crippen LogP contribution in [0.4, 0.5) is 0 Å². The summed E-state index contributed by atoms with van der Waals surface area (Å²) < 4.78 is 4.31. The molecule has 3 aliphatic heterocycles. The fourth-order valence-electron chi connectivity index (χ4n) is 5.62. The Morgan fingerprint density at radius 2 is 1.48 bits per heavy atom. The van der Waals surface area contributed by atoms with E-state index in [1.807, 2.05) is 0 Å². The highest BCUT2D eigenvalue weighted by Gasteiger charge is 2.90. The van der Waals surface area contributed by atoms with Crippen molar-refractivity contribution in [2.24, 2.45) is 23.7 Å². The van der Waals surface area contributed by atoms with Crippen LogP contribution in [0.15, 0.2) is 21.2 Å². The topological polar surface area (TPSA) is 55.8 Å². The van der Waals surface area contributed by atoms with Crippen LogP contribution in [0.1, 0.15) is 6.92 Å². The first-order valence-electron chi connectivity index (χ1n) is 8.72. The molecule has 5 aliphatic rings. The molecule has 0 aromatic carbocycles. The number of alkyl halides is 4. The van der Waals surface area contributed by atoms with Crippen LogP contribution in [0.2, 0.25) is 0 Å². The minimum Gasteiger partial charge on any atom is -0.373 e. The zero-order valence-electron chi connectivity index (χ0n) is 14.5. The van der Waals surface area contributed by atoms with Crippen molar-refractivity contribution in [3.05, 3.63) is 21.2 Å². The fraction of sp³-hybridized carbons (Fsp3) is 0.647. The van der Waals surface area contributed by atoms with Crippen molar-refractivity contribution in [2.75, 3.05) is 6.61 Å². The van der Waals surface area contributed by atoms with E-state index in [1.165, 1.54) is 6.08 Å². The molecule has 158 valence electrons. The molecule has 4 bridgehead atoms. The van der Waals surface area contributed by atoms with Crippen molar-refractivity contribution >= 4 is 93.0 Å². The molecule has 0 spiro atoms. The van der Waals surface area contributed by atoms with Gasteiger partial charge in [-0.1, -0.05) is 58.0 Å². The largest absolute Gasteiger partial charge is 0.373 e. The Kier molecular flexibility index (Phi) is 4.68. The van der Waals surface area contributed by atoms with Crippen LogP contribution in [-0.2, 0) is 19.2 Å². The van der Waals surface area contributed by atoms with Crippen LogP contribution >= 0.6 is 81.2 Å². The van der Waals surface area contributed by atoms with Gasteiger partial charge in [0.15, 0.2) is 4.33 Å². The summed E-state index contributed by atoms with van der Waals surface area (Å²) in [6, 6.07) is 0. The van der Waals surface area contributed by atoms with Crippen LogP contribution < -0.4 is 0 Å². The van der Waals surface area contributed by atoms with Crippen LogP contribution in [0, 0.1) is 23.7 Å². The van der Waals surface area contributed by atoms with Gasteiger partial charge in [0.05, 0.1) is 40.7 Å². The third kappa shape index (κ3) is 2.16. The molecule has 29 heavy (non-hydrogen) atoms. The van der Waals surface area contributed by atoms with Crippen LogP contribution in [0.3, 0.4) is 0 Å². The molecule has 8 unspecified atom stereocenters. The van der Waals surface area contributed by atoms with E-state index >= 15 is 0 Å². The maximum Gasteiger partial charge on any atom is 0.260 e. The molecule has 3 saturated heterocycles. The van der Waals surface area contributed by atoms with E-state index in [2.05, 4.69) is 0 Å². The number of hydrogen-bond acceptors (Lipinski definition) is 4. The number of carbonyl (C=O) groups is 2. The van der Waals surface area contributed by atoms with E-state index in [-0.39, 0.29) is 16.7 Å². The van der Waals surface area contributed by atoms with E-state index in [4.69, 9.17) is 90.8 Å². The summed E-state index contributed by atoms with van der Waals surface area (Å²) in [4.78, 5) is 28.2. The van der Waals surface area contributed by atoms with Gasteiger partial charge in [0.25, 0.3) is 11.8 Å². The van der Waals surface area contributed by atoms with Gasteiger partial charge >= 0.3 is 0 Å². The Morgan fingerprint density at radius 1 is 1.03 bits per heavy atom. The molecule has 0 aromatic heterocycles. The molecule has 0 radical (unpaired) electrons. The molecule has 5 nitrogen and oxygen atoms in total. The number of carbonyl (C=O) groups excluding carboxylic acids is 2. The van der Waals surface area contributed by atoms with Gasteiger partial charge in [0, 0.05) is 16.9 Å². The molecular weight excluding hydrogens is 530 g/mol. The Morgan fingerprint density at radius 3 is 1.90 bits per heavy atom. The Bertz CT molecular complexity index is 859. The van der Waals surface area contributed by atoms with Gasteiger partial charge in [0.1, 0.15) is 9.75 Å². The van der Waals surface area contributed by atoms with Gasteiger partial charge in [0.2, 0.25) is 0 Å². The van der Waals surface area contributed by atoms with Gasteiger partial charge in [-0.15, -0.1) is 23.2 Å². The normalized spacial score (nSPS) is 49.5. The first-order chi connectivity index (χ1) is 13.4. The van der Waals surface area contributed by atoms with Crippen molar-refractivity contribution in [1.82, 2.24) is 5.06 Å². The summed E-state index contributed by atoms with van der Waals surface area (Å²) in [6.45, 7) is 1.63. The Balaban J connectivity index is 1.54. The fourth-order valence-corrected chi connectivity index (χ4v) is 8.75. The first kappa shape index (κ1) is 21.4. The predicted molar refractivity (Wildman–Crippen MR) is 110 cm³/mol. The van der Waals surface area contributed by atoms with Gasteiger partial charge in [-0.3, -0.25) is 14.4 Å². The van der Waals surface area contributed by atoms with Crippen molar-refractivity contribution < 1.29 is 19.2 Å². The highest BCUT2D eigenvalue weighted by molar-refractivity contribution is 6.65. The molecule has 2 amide bonds. The molecule has 3 heterocycles. The molecule has 12 heteroatoms. The Labute approximate surface area is 201 Å². The number of rotatable bonds is 3. The van der Waals surface area contributed by atoms with Gasteiger partial charge in [-0.2, -0.15) is 5.06 Å². The number of imide groups is 1. The van der Waals surface area contributed by atoms with E-state index < -0.39 is 61.8 Å². The summed E-state index contributed by atoms with van der Waals surface area (Å²) in [7, 11) is 0. The van der Waals surface area contributed by atoms with Crippen LogP contribution in [0.5, 0.6) is 0 Å². The number of fused-ring (bicyclic) bond motifs is 12. The highest BCUT2D eigenvalue weighted by atomic mass is 35.5. The van der Waals surface area contributed by atoms with E-state index in [0.717, 1.165) is 5.06 Å². The standard InChI is InChI=1S/C17H12Cl7NO4/c1-4(18)2-3-28-25-13(26)5-6(14(25)27)10-8-7(9(5)29-10)15(21)11(19)12(20)16(8,22)17(15,23)24/h2,5-10H,3H2,1H3. The molecular formula is C17H12Cl7NO4. The van der Waals surface area contributed by atoms with Gasteiger partial charge in [-0.25, -0.2) is 0 Å². The van der Waals surface area contributed by atoms with Gasteiger partial charge in [-0.05, 0) is 13.0 Å². The molecule has 0 N–H and O–H groups in total. The third-order valence-electron chi connectivity index (χ3n) is 6.71. The lowest BCUT2D eigenvalue weighted by molar-refractivity contribution is -0.189. The number of ether oxygens (including phenoxy) is 1. The van der Waals surface area contributed by atoms with E-state index in [0.29, 0.717) is 5.03 Å². The summed E-state index contributed by atoms with van der Waals surface area (Å²) >= 11 is 45.6. The number of hydroxylamine groups is 2. The lowest BCUT2D eigenvalue weighted by Gasteiger charge is -2.39. The smallest absolute Gasteiger partial charge is 0.260 e. The summed E-state index contributed by atoms with van der Waals surface area (Å²) in [5, 5.41) is 1.33. The molecule has 8 atom stereocenters. The molecule has 1 saturated carbocycles. The lowest BCUT2D eigenvalue weighted by atomic mass is 9.65. The van der Waals surface area contributed by atoms with E-state index in [9.17, 15) is 9.59 Å². The third-order valence-corrected chi connectivity index (χ3v) is 11.2. The summed E-state index contributed by atoms with van der Waals surface area (Å²) in [5.74, 6) is -3.81. The van der Waals surface area contributed by atoms with Crippen LogP contribution in [0.25, 0.3) is 0 Å². The second-order valence-corrected chi connectivity index (χ2v) is 11.7. The predicted octanol–water partition coefficient (Wildman–Crippen LogP) is 4.52. The number of amides is 2. The second kappa shape index (κ2) is 6.33. The minimum atomic E-state index is -1.74. The highest BCUT2D eigenvalue weighted by Crippen LogP contribution is 2.81. The van der Waals surface area contributed by atoms with Crippen molar-refractivity contribution in [3.8, 4) is 0 Å². The quantitative estimate of drug-likeness (QED) is 0.389.